The monoisotopic (exact) mass is 297 g/mol. The van der Waals surface area contributed by atoms with Gasteiger partial charge in [-0.25, -0.2) is 4.39 Å². The van der Waals surface area contributed by atoms with E-state index in [1.54, 1.807) is 18.2 Å². The summed E-state index contributed by atoms with van der Waals surface area (Å²) in [5, 5.41) is 5.99. The first kappa shape index (κ1) is 14.3. The van der Waals surface area contributed by atoms with E-state index in [4.69, 9.17) is 0 Å². The highest BCUT2D eigenvalue weighted by molar-refractivity contribution is 6.10. The molecule has 1 aliphatic heterocycles. The maximum absolute atomic E-state index is 13.7. The average Bonchev–Trinajstić information content (AvgIpc) is 2.56. The predicted octanol–water partition coefficient (Wildman–Crippen LogP) is 2.82. The molecule has 1 aliphatic rings. The van der Waals surface area contributed by atoms with E-state index in [1.807, 2.05) is 18.2 Å². The van der Waals surface area contributed by atoms with Crippen LogP contribution < -0.4 is 10.6 Å². The number of aliphatic imine (C=N–C) groups is 1. The number of carbonyl (C=O) groups excluding carboxylic acids is 1. The standard InChI is InChI=1S/C17H16FN3O/c18-14-8-3-1-6-12(14)17(22)21-15-9-4-2-7-13(15)16-19-10-5-11-20-16/h1-4,6-9H,5,10-11H2,(H,19,20)(H,21,22). The van der Waals surface area contributed by atoms with E-state index >= 15 is 0 Å². The number of amidine groups is 1. The summed E-state index contributed by atoms with van der Waals surface area (Å²) in [6.07, 6.45) is 0.993. The molecule has 112 valence electrons. The fraction of sp³-hybridized carbons (Fsp3) is 0.176. The van der Waals surface area contributed by atoms with Gasteiger partial charge in [0.15, 0.2) is 0 Å². The van der Waals surface area contributed by atoms with Crippen LogP contribution in [0.15, 0.2) is 53.5 Å². The van der Waals surface area contributed by atoms with Crippen LogP contribution in [-0.2, 0) is 0 Å². The molecule has 3 rings (SSSR count). The molecule has 2 aromatic rings. The van der Waals surface area contributed by atoms with E-state index in [9.17, 15) is 9.18 Å². The summed E-state index contributed by atoms with van der Waals surface area (Å²) >= 11 is 0. The summed E-state index contributed by atoms with van der Waals surface area (Å²) in [6, 6.07) is 13.3. The number of anilines is 1. The first-order chi connectivity index (χ1) is 10.8. The molecule has 1 amide bonds. The second kappa shape index (κ2) is 6.39. The Morgan fingerprint density at radius 2 is 1.91 bits per heavy atom. The molecule has 2 N–H and O–H groups in total. The minimum Gasteiger partial charge on any atom is -0.370 e. The Hall–Kier alpha value is -2.69. The van der Waals surface area contributed by atoms with Gasteiger partial charge in [0, 0.05) is 18.7 Å². The number of hydrogen-bond donors (Lipinski definition) is 2. The number of halogens is 1. The number of amides is 1. The summed E-state index contributed by atoms with van der Waals surface area (Å²) < 4.78 is 13.7. The number of carbonyl (C=O) groups is 1. The Kier molecular flexibility index (Phi) is 4.14. The Bertz CT molecular complexity index is 727. The van der Waals surface area contributed by atoms with Crippen LogP contribution in [0.3, 0.4) is 0 Å². The van der Waals surface area contributed by atoms with Crippen molar-refractivity contribution in [1.29, 1.82) is 0 Å². The number of benzene rings is 2. The molecule has 5 heteroatoms. The van der Waals surface area contributed by atoms with Crippen molar-refractivity contribution in [2.45, 2.75) is 6.42 Å². The van der Waals surface area contributed by atoms with Gasteiger partial charge in [0.25, 0.3) is 5.91 Å². The summed E-state index contributed by atoms with van der Waals surface area (Å²) in [4.78, 5) is 16.7. The van der Waals surface area contributed by atoms with Crippen LogP contribution in [0, 0.1) is 5.82 Å². The van der Waals surface area contributed by atoms with E-state index in [2.05, 4.69) is 15.6 Å². The second-order valence-electron chi connectivity index (χ2n) is 4.99. The zero-order chi connectivity index (χ0) is 15.4. The Balaban J connectivity index is 1.88. The minimum atomic E-state index is -0.536. The predicted molar refractivity (Wildman–Crippen MR) is 84.8 cm³/mol. The van der Waals surface area contributed by atoms with E-state index in [1.165, 1.54) is 12.1 Å². The van der Waals surface area contributed by atoms with Crippen LogP contribution in [0.5, 0.6) is 0 Å². The molecule has 22 heavy (non-hydrogen) atoms. The van der Waals surface area contributed by atoms with Gasteiger partial charge in [-0.15, -0.1) is 0 Å². The Morgan fingerprint density at radius 3 is 2.68 bits per heavy atom. The lowest BCUT2D eigenvalue weighted by molar-refractivity contribution is 0.102. The second-order valence-corrected chi connectivity index (χ2v) is 4.99. The van der Waals surface area contributed by atoms with Crippen LogP contribution in [0.2, 0.25) is 0 Å². The quantitative estimate of drug-likeness (QED) is 0.915. The topological polar surface area (TPSA) is 53.5 Å². The molecule has 0 radical (unpaired) electrons. The van der Waals surface area contributed by atoms with Crippen LogP contribution in [0.1, 0.15) is 22.3 Å². The third kappa shape index (κ3) is 2.98. The highest BCUT2D eigenvalue weighted by Gasteiger charge is 2.15. The normalized spacial score (nSPS) is 14.0. The lowest BCUT2D eigenvalue weighted by Crippen LogP contribution is -2.31. The van der Waals surface area contributed by atoms with Crippen molar-refractivity contribution >= 4 is 17.4 Å². The molecule has 0 unspecified atom stereocenters. The largest absolute Gasteiger partial charge is 0.370 e. The van der Waals surface area contributed by atoms with Crippen molar-refractivity contribution < 1.29 is 9.18 Å². The van der Waals surface area contributed by atoms with Crippen molar-refractivity contribution in [3.8, 4) is 0 Å². The molecule has 0 aliphatic carbocycles. The van der Waals surface area contributed by atoms with Crippen molar-refractivity contribution in [2.75, 3.05) is 18.4 Å². The molecule has 0 spiro atoms. The third-order valence-electron chi connectivity index (χ3n) is 3.45. The van der Waals surface area contributed by atoms with Crippen LogP contribution in [0.25, 0.3) is 0 Å². The molecule has 0 bridgehead atoms. The first-order valence-electron chi connectivity index (χ1n) is 7.19. The van der Waals surface area contributed by atoms with Gasteiger partial charge in [-0.3, -0.25) is 9.79 Å². The molecule has 1 heterocycles. The zero-order valence-corrected chi connectivity index (χ0v) is 12.0. The van der Waals surface area contributed by atoms with Gasteiger partial charge in [-0.05, 0) is 30.7 Å². The number of rotatable bonds is 3. The van der Waals surface area contributed by atoms with Gasteiger partial charge in [0.2, 0.25) is 0 Å². The van der Waals surface area contributed by atoms with Crippen molar-refractivity contribution in [3.05, 3.63) is 65.5 Å². The summed E-state index contributed by atoms with van der Waals surface area (Å²) in [6.45, 7) is 1.62. The average molecular weight is 297 g/mol. The minimum absolute atomic E-state index is 0.0239. The molecular weight excluding hydrogens is 281 g/mol. The van der Waals surface area contributed by atoms with Crippen LogP contribution >= 0.6 is 0 Å². The highest BCUT2D eigenvalue weighted by atomic mass is 19.1. The van der Waals surface area contributed by atoms with Gasteiger partial charge >= 0.3 is 0 Å². The highest BCUT2D eigenvalue weighted by Crippen LogP contribution is 2.18. The third-order valence-corrected chi connectivity index (χ3v) is 3.45. The molecule has 0 saturated carbocycles. The summed E-state index contributed by atoms with van der Waals surface area (Å²) in [7, 11) is 0. The van der Waals surface area contributed by atoms with E-state index in [0.29, 0.717) is 5.69 Å². The van der Waals surface area contributed by atoms with Crippen LogP contribution in [0.4, 0.5) is 10.1 Å². The number of hydrogen-bond acceptors (Lipinski definition) is 3. The Labute approximate surface area is 128 Å². The van der Waals surface area contributed by atoms with E-state index in [-0.39, 0.29) is 5.56 Å². The van der Waals surface area contributed by atoms with Crippen LogP contribution in [-0.4, -0.2) is 24.8 Å². The van der Waals surface area contributed by atoms with Gasteiger partial charge in [-0.1, -0.05) is 24.3 Å². The zero-order valence-electron chi connectivity index (χ0n) is 12.0. The first-order valence-corrected chi connectivity index (χ1v) is 7.19. The fourth-order valence-corrected chi connectivity index (χ4v) is 2.35. The van der Waals surface area contributed by atoms with E-state index in [0.717, 1.165) is 30.9 Å². The molecule has 0 aromatic heterocycles. The van der Waals surface area contributed by atoms with Crippen molar-refractivity contribution in [1.82, 2.24) is 5.32 Å². The lowest BCUT2D eigenvalue weighted by Gasteiger charge is -2.18. The molecule has 0 atom stereocenters. The number of para-hydroxylation sites is 1. The molecule has 0 fully saturated rings. The molecule has 0 saturated heterocycles. The summed E-state index contributed by atoms with van der Waals surface area (Å²) in [5.41, 5.74) is 1.45. The van der Waals surface area contributed by atoms with Gasteiger partial charge in [-0.2, -0.15) is 0 Å². The summed E-state index contributed by atoms with van der Waals surface area (Å²) in [5.74, 6) is -0.247. The number of nitrogens with one attached hydrogen (secondary N) is 2. The SMILES string of the molecule is O=C(Nc1ccccc1C1=NCCCN1)c1ccccc1F. The number of nitrogens with zero attached hydrogens (tertiary/aromatic N) is 1. The van der Waals surface area contributed by atoms with Gasteiger partial charge in [0.05, 0.1) is 11.3 Å². The van der Waals surface area contributed by atoms with Gasteiger partial charge in [0.1, 0.15) is 11.7 Å². The smallest absolute Gasteiger partial charge is 0.258 e. The van der Waals surface area contributed by atoms with Gasteiger partial charge < -0.3 is 10.6 Å². The Morgan fingerprint density at radius 1 is 1.14 bits per heavy atom. The fourth-order valence-electron chi connectivity index (χ4n) is 2.35. The van der Waals surface area contributed by atoms with Crippen molar-refractivity contribution in [3.63, 3.8) is 0 Å². The maximum Gasteiger partial charge on any atom is 0.258 e. The molecule has 4 nitrogen and oxygen atoms in total. The van der Waals surface area contributed by atoms with E-state index < -0.39 is 11.7 Å². The molecular formula is C17H16FN3O. The maximum atomic E-state index is 13.7. The lowest BCUT2D eigenvalue weighted by atomic mass is 10.1. The van der Waals surface area contributed by atoms with Crippen molar-refractivity contribution in [2.24, 2.45) is 4.99 Å². The molecule has 2 aromatic carbocycles.